The van der Waals surface area contributed by atoms with Gasteiger partial charge in [0, 0.05) is 25.3 Å². The van der Waals surface area contributed by atoms with Crippen LogP contribution in [0.4, 0.5) is 4.79 Å². The SMILES string of the molecule is COC12[C@@H]3N[C@@H]3CN1C1=C(C(=O)C(OCC=CCO)=C(C)C1=O)C2(CO)NC(=O)O. The zero-order valence-electron chi connectivity index (χ0n) is 16.5. The fraction of sp³-hybridized carbons (Fsp3) is 0.526. The number of nitrogens with one attached hydrogen (secondary N) is 2. The number of rotatable bonds is 7. The summed E-state index contributed by atoms with van der Waals surface area (Å²) in [5, 5.41) is 34.3. The zero-order chi connectivity index (χ0) is 21.8. The van der Waals surface area contributed by atoms with E-state index in [1.807, 2.05) is 0 Å². The van der Waals surface area contributed by atoms with Crippen LogP contribution < -0.4 is 10.6 Å². The third-order valence-electron chi connectivity index (χ3n) is 6.23. The van der Waals surface area contributed by atoms with Gasteiger partial charge in [-0.2, -0.15) is 0 Å². The first-order valence-corrected chi connectivity index (χ1v) is 9.45. The maximum Gasteiger partial charge on any atom is 0.405 e. The summed E-state index contributed by atoms with van der Waals surface area (Å²) in [7, 11) is 1.36. The molecule has 3 aliphatic heterocycles. The van der Waals surface area contributed by atoms with E-state index in [9.17, 15) is 24.6 Å². The molecule has 0 aromatic rings. The second-order valence-electron chi connectivity index (χ2n) is 7.56. The van der Waals surface area contributed by atoms with Gasteiger partial charge in [-0.05, 0) is 13.0 Å². The van der Waals surface area contributed by atoms with Crippen molar-refractivity contribution in [2.45, 2.75) is 30.3 Å². The smallest absolute Gasteiger partial charge is 0.405 e. The van der Waals surface area contributed by atoms with Crippen LogP contribution in [-0.4, -0.2) is 94.7 Å². The maximum absolute atomic E-state index is 13.5. The quantitative estimate of drug-likeness (QED) is 0.180. The molecule has 0 spiro atoms. The Morgan fingerprint density at radius 1 is 1.33 bits per heavy atom. The van der Waals surface area contributed by atoms with Crippen molar-refractivity contribution in [3.63, 3.8) is 0 Å². The third kappa shape index (κ3) is 2.37. The van der Waals surface area contributed by atoms with Crippen LogP contribution >= 0.6 is 0 Å². The molecule has 2 unspecified atom stereocenters. The molecule has 0 radical (unpaired) electrons. The number of amides is 1. The average molecular weight is 421 g/mol. The van der Waals surface area contributed by atoms with Crippen LogP contribution in [0.5, 0.6) is 0 Å². The number of aliphatic hydroxyl groups excluding tert-OH is 2. The Morgan fingerprint density at radius 2 is 2.07 bits per heavy atom. The lowest BCUT2D eigenvalue weighted by Gasteiger charge is -2.46. The molecule has 1 amide bonds. The number of ketones is 2. The first-order chi connectivity index (χ1) is 14.3. The molecule has 2 fully saturated rings. The highest BCUT2D eigenvalue weighted by Crippen LogP contribution is 2.57. The highest BCUT2D eigenvalue weighted by molar-refractivity contribution is 6.26. The summed E-state index contributed by atoms with van der Waals surface area (Å²) >= 11 is 0. The molecular formula is C19H23N3O8. The number of fused-ring (bicyclic) bond motifs is 4. The van der Waals surface area contributed by atoms with Crippen molar-refractivity contribution in [3.05, 3.63) is 34.8 Å². The second-order valence-corrected chi connectivity index (χ2v) is 7.56. The second kappa shape index (κ2) is 6.91. The molecule has 5 N–H and O–H groups in total. The van der Waals surface area contributed by atoms with Crippen molar-refractivity contribution < 1.29 is 39.2 Å². The number of Topliss-reactive ketones (excluding diaryl/α,β-unsaturated/α-hetero) is 2. The Balaban J connectivity index is 1.85. The summed E-state index contributed by atoms with van der Waals surface area (Å²) in [6.07, 6.45) is 1.43. The molecule has 1 aliphatic carbocycles. The monoisotopic (exact) mass is 421 g/mol. The molecule has 4 rings (SSSR count). The predicted molar refractivity (Wildman–Crippen MR) is 100 cm³/mol. The van der Waals surface area contributed by atoms with Gasteiger partial charge >= 0.3 is 6.09 Å². The van der Waals surface area contributed by atoms with Crippen molar-refractivity contribution >= 4 is 17.7 Å². The molecular weight excluding hydrogens is 398 g/mol. The molecule has 0 aromatic carbocycles. The standard InChI is InChI=1S/C19H23N3O8/c1-9-13(25)12-11(14(26)15(9)30-6-4-3-5-23)18(8-24,21-17(27)28)19(29-2)16-10(20-16)7-22(12)19/h3-4,10,16,20-21,23-24H,5-8H2,1-2H3,(H,27,28)/t10-,16-,18?,19?/m1/s1. The number of hydrogen-bond acceptors (Lipinski definition) is 9. The van der Waals surface area contributed by atoms with Gasteiger partial charge in [0.2, 0.25) is 11.6 Å². The van der Waals surface area contributed by atoms with E-state index >= 15 is 0 Å². The van der Waals surface area contributed by atoms with E-state index in [2.05, 4.69) is 10.6 Å². The van der Waals surface area contributed by atoms with Crippen molar-refractivity contribution in [1.82, 2.24) is 15.5 Å². The van der Waals surface area contributed by atoms with E-state index < -0.39 is 35.5 Å². The third-order valence-corrected chi connectivity index (χ3v) is 6.23. The number of carbonyl (C=O) groups excluding carboxylic acids is 2. The molecule has 30 heavy (non-hydrogen) atoms. The molecule has 4 atom stereocenters. The van der Waals surface area contributed by atoms with E-state index in [1.165, 1.54) is 26.2 Å². The van der Waals surface area contributed by atoms with E-state index in [0.29, 0.717) is 6.54 Å². The molecule has 0 aromatic heterocycles. The van der Waals surface area contributed by atoms with Crippen LogP contribution in [0.3, 0.4) is 0 Å². The summed E-state index contributed by atoms with van der Waals surface area (Å²) in [5.74, 6) is -1.40. The van der Waals surface area contributed by atoms with Crippen molar-refractivity contribution in [3.8, 4) is 0 Å². The fourth-order valence-electron chi connectivity index (χ4n) is 5.02. The topological polar surface area (TPSA) is 168 Å². The summed E-state index contributed by atoms with van der Waals surface area (Å²) in [6.45, 7) is 0.701. The average Bonchev–Trinajstić information content (AvgIpc) is 3.34. The molecule has 4 aliphatic rings. The van der Waals surface area contributed by atoms with E-state index in [4.69, 9.17) is 14.6 Å². The highest BCUT2D eigenvalue weighted by Gasteiger charge is 2.79. The van der Waals surface area contributed by atoms with E-state index in [1.54, 1.807) is 4.90 Å². The van der Waals surface area contributed by atoms with Crippen molar-refractivity contribution in [1.29, 1.82) is 0 Å². The Bertz CT molecular complexity index is 925. The molecule has 0 bridgehead atoms. The van der Waals surface area contributed by atoms with Crippen LogP contribution in [0.1, 0.15) is 6.92 Å². The summed E-state index contributed by atoms with van der Waals surface area (Å²) < 4.78 is 11.3. The van der Waals surface area contributed by atoms with Crippen LogP contribution in [0.25, 0.3) is 0 Å². The van der Waals surface area contributed by atoms with Gasteiger partial charge in [0.15, 0.2) is 11.5 Å². The number of aliphatic hydroxyl groups is 2. The zero-order valence-corrected chi connectivity index (χ0v) is 16.5. The number of allylic oxidation sites excluding steroid dienone is 2. The number of piperazine rings is 1. The number of hydrogen-bond donors (Lipinski definition) is 5. The minimum atomic E-state index is -1.89. The van der Waals surface area contributed by atoms with Crippen molar-refractivity contribution in [2.75, 3.05) is 33.5 Å². The number of nitrogens with zero attached hydrogens (tertiary/aromatic N) is 1. The number of methoxy groups -OCH3 is 1. The Morgan fingerprint density at radius 3 is 2.67 bits per heavy atom. The van der Waals surface area contributed by atoms with Gasteiger partial charge in [0.25, 0.3) is 0 Å². The molecule has 162 valence electrons. The summed E-state index contributed by atoms with van der Waals surface area (Å²) in [4.78, 5) is 40.1. The van der Waals surface area contributed by atoms with Crippen LogP contribution in [0.2, 0.25) is 0 Å². The van der Waals surface area contributed by atoms with Gasteiger partial charge in [-0.25, -0.2) is 4.79 Å². The number of ether oxygens (including phenoxy) is 2. The largest absolute Gasteiger partial charge is 0.485 e. The maximum atomic E-state index is 13.5. The van der Waals surface area contributed by atoms with Gasteiger partial charge in [-0.3, -0.25) is 9.59 Å². The van der Waals surface area contributed by atoms with Crippen LogP contribution in [0, 0.1) is 0 Å². The summed E-state index contributed by atoms with van der Waals surface area (Å²) in [5.41, 5.74) is -3.45. The van der Waals surface area contributed by atoms with Gasteiger partial charge in [-0.1, -0.05) is 6.08 Å². The lowest BCUT2D eigenvalue weighted by molar-refractivity contribution is -0.151. The molecule has 11 heteroatoms. The van der Waals surface area contributed by atoms with Crippen LogP contribution in [-0.2, 0) is 19.1 Å². The minimum absolute atomic E-state index is 0.0226. The van der Waals surface area contributed by atoms with Gasteiger partial charge in [0.05, 0.1) is 30.5 Å². The Hall–Kier alpha value is -2.73. The lowest BCUT2D eigenvalue weighted by Crippen LogP contribution is -2.72. The van der Waals surface area contributed by atoms with Gasteiger partial charge in [-0.15, -0.1) is 0 Å². The number of carbonyl (C=O) groups is 3. The minimum Gasteiger partial charge on any atom is -0.485 e. The molecule has 0 saturated carbocycles. The van der Waals surface area contributed by atoms with E-state index in [-0.39, 0.29) is 47.9 Å². The summed E-state index contributed by atoms with van der Waals surface area (Å²) in [6, 6.07) is -0.446. The fourth-order valence-corrected chi connectivity index (χ4v) is 5.02. The molecule has 2 saturated heterocycles. The molecule has 3 heterocycles. The molecule has 11 nitrogen and oxygen atoms in total. The Kier molecular flexibility index (Phi) is 4.73. The van der Waals surface area contributed by atoms with Crippen molar-refractivity contribution in [2.24, 2.45) is 0 Å². The van der Waals surface area contributed by atoms with Crippen LogP contribution in [0.15, 0.2) is 34.8 Å². The lowest BCUT2D eigenvalue weighted by atomic mass is 9.76. The highest BCUT2D eigenvalue weighted by atomic mass is 16.5. The van der Waals surface area contributed by atoms with E-state index in [0.717, 1.165) is 0 Å². The number of carboxylic acid groups (broad SMARTS) is 1. The predicted octanol–water partition coefficient (Wildman–Crippen LogP) is -1.76. The first kappa shape index (κ1) is 20.5. The van der Waals surface area contributed by atoms with Gasteiger partial charge < -0.3 is 40.3 Å². The first-order valence-electron chi connectivity index (χ1n) is 9.45. The Labute approximate surface area is 171 Å². The van der Waals surface area contributed by atoms with Gasteiger partial charge in [0.1, 0.15) is 12.1 Å². The normalized spacial score (nSPS) is 34.5.